The van der Waals surface area contributed by atoms with Gasteiger partial charge in [-0.05, 0) is 120 Å². The largest absolute Gasteiger partial charge is 0.309 e. The Hall–Kier alpha value is -8.46. The van der Waals surface area contributed by atoms with Crippen LogP contribution in [0.5, 0.6) is 0 Å². The van der Waals surface area contributed by atoms with E-state index in [4.69, 9.17) is 0 Å². The average molecular weight is 813 g/mol. The topological polar surface area (TPSA) is 9.86 Å². The molecule has 0 unspecified atom stereocenters. The molecule has 0 fully saturated rings. The van der Waals surface area contributed by atoms with Crippen molar-refractivity contribution in [2.75, 3.05) is 0 Å². The van der Waals surface area contributed by atoms with Gasteiger partial charge in [-0.15, -0.1) is 0 Å². The summed E-state index contributed by atoms with van der Waals surface area (Å²) in [5, 5.41) is 10.0. The van der Waals surface area contributed by atoms with Gasteiger partial charge in [-0.25, -0.2) is 0 Å². The van der Waals surface area contributed by atoms with Gasteiger partial charge < -0.3 is 9.13 Å². The molecule has 0 amide bonds. The highest BCUT2D eigenvalue weighted by molar-refractivity contribution is 6.21. The maximum atomic E-state index is 4.11. The van der Waals surface area contributed by atoms with Crippen LogP contribution in [0.4, 0.5) is 0 Å². The zero-order valence-corrected chi connectivity index (χ0v) is 35.1. The average Bonchev–Trinajstić information content (AvgIpc) is 4.00. The first-order valence-electron chi connectivity index (χ1n) is 22.0. The summed E-state index contributed by atoms with van der Waals surface area (Å²) in [4.78, 5) is 0. The van der Waals surface area contributed by atoms with Crippen molar-refractivity contribution in [3.63, 3.8) is 0 Å². The van der Waals surface area contributed by atoms with Gasteiger partial charge in [0.1, 0.15) is 0 Å². The second kappa shape index (κ2) is 14.0. The van der Waals surface area contributed by atoms with Gasteiger partial charge in [-0.3, -0.25) is 0 Å². The van der Waals surface area contributed by atoms with Crippen LogP contribution < -0.4 is 0 Å². The highest BCUT2D eigenvalue weighted by Crippen LogP contribution is 2.46. The molecule has 0 N–H and O–H groups in total. The molecule has 0 radical (unpaired) electrons. The van der Waals surface area contributed by atoms with Crippen LogP contribution >= 0.6 is 0 Å². The molecule has 0 saturated heterocycles. The van der Waals surface area contributed by atoms with Crippen LogP contribution in [0.1, 0.15) is 11.1 Å². The van der Waals surface area contributed by atoms with Crippen molar-refractivity contribution in [1.29, 1.82) is 0 Å². The van der Waals surface area contributed by atoms with Gasteiger partial charge in [0.2, 0.25) is 0 Å². The number of hydrogen-bond donors (Lipinski definition) is 0. The Bertz CT molecular complexity index is 3920. The Balaban J connectivity index is 0.868. The van der Waals surface area contributed by atoms with Crippen molar-refractivity contribution in [2.24, 2.45) is 0 Å². The molecule has 10 aromatic carbocycles. The fraction of sp³-hybridized carbons (Fsp3) is 0. The number of hydrogen-bond acceptors (Lipinski definition) is 0. The molecule has 0 spiro atoms. The lowest BCUT2D eigenvalue weighted by Gasteiger charge is -2.12. The van der Waals surface area contributed by atoms with E-state index in [-0.39, 0.29) is 0 Å². The van der Waals surface area contributed by atoms with Crippen molar-refractivity contribution in [3.05, 3.63) is 243 Å². The van der Waals surface area contributed by atoms with E-state index in [1.54, 1.807) is 0 Å². The molecule has 12 aromatic rings. The molecule has 2 aromatic heterocycles. The number of para-hydroxylation sites is 2. The molecule has 2 heteroatoms. The van der Waals surface area contributed by atoms with E-state index in [1.165, 1.54) is 110 Å². The van der Waals surface area contributed by atoms with Crippen LogP contribution in [0.15, 0.2) is 232 Å². The summed E-state index contributed by atoms with van der Waals surface area (Å²) in [6.07, 6.45) is 3.91. The summed E-state index contributed by atoms with van der Waals surface area (Å²) in [7, 11) is 0. The first kappa shape index (κ1) is 36.2. The fourth-order valence-electron chi connectivity index (χ4n) is 10.7. The predicted molar refractivity (Wildman–Crippen MR) is 274 cm³/mol. The highest BCUT2D eigenvalue weighted by atomic mass is 15.0. The van der Waals surface area contributed by atoms with E-state index in [1.807, 2.05) is 12.2 Å². The second-order valence-corrected chi connectivity index (χ2v) is 16.9. The van der Waals surface area contributed by atoms with Crippen LogP contribution in [0.25, 0.3) is 121 Å². The van der Waals surface area contributed by atoms with Gasteiger partial charge >= 0.3 is 0 Å². The quantitative estimate of drug-likeness (QED) is 0.152. The monoisotopic (exact) mass is 812 g/mol. The standard InChI is InChI=1S/C62H40N2/c1-3-47-48(4-2)55-35-34-49(54-19-12-18-53(47)61(54)55)42-23-21-39(22-24-42)40-25-30-46(31-26-40)63-58-20-11-10-17-51(58)57-37-43(29-36-59(57)63)44-28-32-52-56-33-27-41-13-8-9-16-50(41)62(56)64(60(52)38-44)45-14-6-5-7-15-45/h3-38H,1-2H2. The number of nitrogens with zero attached hydrogens (tertiary/aromatic N) is 2. The molecule has 1 aliphatic carbocycles. The zero-order chi connectivity index (χ0) is 42.5. The third-order valence-electron chi connectivity index (χ3n) is 13.6. The van der Waals surface area contributed by atoms with Crippen molar-refractivity contribution in [1.82, 2.24) is 9.13 Å². The number of aromatic nitrogens is 2. The normalized spacial score (nSPS) is 12.4. The Morgan fingerprint density at radius 2 is 0.875 bits per heavy atom. The Labute approximate surface area is 371 Å². The van der Waals surface area contributed by atoms with E-state index in [9.17, 15) is 0 Å². The van der Waals surface area contributed by atoms with Crippen LogP contribution in [0.2, 0.25) is 0 Å². The molecule has 13 rings (SSSR count). The van der Waals surface area contributed by atoms with Gasteiger partial charge in [-0.2, -0.15) is 0 Å². The summed E-state index contributed by atoms with van der Waals surface area (Å²) in [5.41, 5.74) is 19.1. The van der Waals surface area contributed by atoms with Crippen molar-refractivity contribution in [3.8, 4) is 44.8 Å². The molecule has 2 nitrogen and oxygen atoms in total. The van der Waals surface area contributed by atoms with Crippen LogP contribution in [-0.4, -0.2) is 9.13 Å². The van der Waals surface area contributed by atoms with Gasteiger partial charge in [0.25, 0.3) is 0 Å². The number of fused-ring (bicyclic) bond motifs is 8. The third-order valence-corrected chi connectivity index (χ3v) is 13.6. The predicted octanol–water partition coefficient (Wildman–Crippen LogP) is 16.8. The van der Waals surface area contributed by atoms with Crippen molar-refractivity contribution in [2.45, 2.75) is 0 Å². The summed E-state index contributed by atoms with van der Waals surface area (Å²) in [6.45, 7) is 8.22. The Kier molecular flexibility index (Phi) is 7.94. The van der Waals surface area contributed by atoms with Gasteiger partial charge in [0.05, 0.1) is 22.1 Å². The fourth-order valence-corrected chi connectivity index (χ4v) is 10.7. The molecule has 0 saturated carbocycles. The first-order valence-corrected chi connectivity index (χ1v) is 22.0. The molecule has 1 aliphatic rings. The van der Waals surface area contributed by atoms with Gasteiger partial charge in [0.15, 0.2) is 0 Å². The second-order valence-electron chi connectivity index (χ2n) is 16.9. The zero-order valence-electron chi connectivity index (χ0n) is 35.1. The summed E-state index contributed by atoms with van der Waals surface area (Å²) in [6, 6.07) is 75.9. The minimum Gasteiger partial charge on any atom is -0.309 e. The third kappa shape index (κ3) is 5.27. The minimum absolute atomic E-state index is 1.14. The van der Waals surface area contributed by atoms with Crippen LogP contribution in [0.3, 0.4) is 0 Å². The Morgan fingerprint density at radius 3 is 1.67 bits per heavy atom. The van der Waals surface area contributed by atoms with Crippen LogP contribution in [-0.2, 0) is 0 Å². The molecule has 0 bridgehead atoms. The van der Waals surface area contributed by atoms with Gasteiger partial charge in [0, 0.05) is 38.3 Å². The van der Waals surface area contributed by atoms with Crippen molar-refractivity contribution >= 4 is 76.3 Å². The maximum Gasteiger partial charge on any atom is 0.0619 e. The molecule has 0 aliphatic heterocycles. The van der Waals surface area contributed by atoms with E-state index in [0.29, 0.717) is 0 Å². The SMILES string of the molecule is C=CC1=C(C=C)c2ccc(-c3ccc(-c4ccc(-n5c6ccccc6c6cc(-c7ccc8c9ccc%10ccccc%10c9n(-c9ccccc9)c8c7)ccc65)cc4)cc3)c3cccc1c23. The molecular formula is C62H40N2. The van der Waals surface area contributed by atoms with Crippen molar-refractivity contribution < 1.29 is 0 Å². The lowest BCUT2D eigenvalue weighted by atomic mass is 9.92. The smallest absolute Gasteiger partial charge is 0.0619 e. The molecular weight excluding hydrogens is 773 g/mol. The minimum atomic E-state index is 1.14. The lowest BCUT2D eigenvalue weighted by molar-refractivity contribution is 1.18. The first-order chi connectivity index (χ1) is 31.7. The van der Waals surface area contributed by atoms with E-state index < -0.39 is 0 Å². The number of rotatable bonds is 7. The molecule has 0 atom stereocenters. The molecule has 2 heterocycles. The Morgan fingerprint density at radius 1 is 0.312 bits per heavy atom. The number of allylic oxidation sites excluding steroid dienone is 4. The molecule has 64 heavy (non-hydrogen) atoms. The summed E-state index contributed by atoms with van der Waals surface area (Å²) in [5.74, 6) is 0. The lowest BCUT2D eigenvalue weighted by Crippen LogP contribution is -1.94. The molecule has 298 valence electrons. The maximum absolute atomic E-state index is 4.11. The van der Waals surface area contributed by atoms with Gasteiger partial charge in [-0.1, -0.05) is 183 Å². The summed E-state index contributed by atoms with van der Waals surface area (Å²) < 4.78 is 4.85. The van der Waals surface area contributed by atoms with Crippen LogP contribution in [0, 0.1) is 0 Å². The van der Waals surface area contributed by atoms with E-state index in [0.717, 1.165) is 22.5 Å². The van der Waals surface area contributed by atoms with E-state index in [2.05, 4.69) is 229 Å². The van der Waals surface area contributed by atoms with E-state index >= 15 is 0 Å². The summed E-state index contributed by atoms with van der Waals surface area (Å²) >= 11 is 0. The number of benzene rings is 10. The highest BCUT2D eigenvalue weighted by Gasteiger charge is 2.23.